The number of amides is 2. The summed E-state index contributed by atoms with van der Waals surface area (Å²) in [6, 6.07) is 16.0. The molecule has 6 heteroatoms. The standard InChI is InChI=1S/C17H20N2O3S/c1-13(15-8-4-3-5-9-15)18-17(20)19-16-10-6-7-14(11-16)12-23(2,21)22/h3-11,13H,12H2,1-2H3,(H2,18,19,20). The van der Waals surface area contributed by atoms with Crippen LogP contribution in [-0.4, -0.2) is 20.7 Å². The van der Waals surface area contributed by atoms with E-state index in [1.54, 1.807) is 24.3 Å². The third kappa shape index (κ3) is 5.75. The van der Waals surface area contributed by atoms with E-state index in [0.29, 0.717) is 11.3 Å². The van der Waals surface area contributed by atoms with Crippen molar-refractivity contribution in [2.45, 2.75) is 18.7 Å². The van der Waals surface area contributed by atoms with Crippen molar-refractivity contribution < 1.29 is 13.2 Å². The average Bonchev–Trinajstić information content (AvgIpc) is 2.46. The summed E-state index contributed by atoms with van der Waals surface area (Å²) in [5, 5.41) is 5.57. The number of urea groups is 1. The summed E-state index contributed by atoms with van der Waals surface area (Å²) >= 11 is 0. The van der Waals surface area contributed by atoms with Crippen molar-refractivity contribution in [3.63, 3.8) is 0 Å². The zero-order valence-corrected chi connectivity index (χ0v) is 13.9. The highest BCUT2D eigenvalue weighted by Gasteiger charge is 2.10. The first-order chi connectivity index (χ1) is 10.8. The first kappa shape index (κ1) is 17.0. The van der Waals surface area contributed by atoms with Crippen molar-refractivity contribution in [2.24, 2.45) is 0 Å². The Hall–Kier alpha value is -2.34. The number of hydrogen-bond acceptors (Lipinski definition) is 3. The van der Waals surface area contributed by atoms with Crippen LogP contribution >= 0.6 is 0 Å². The lowest BCUT2D eigenvalue weighted by Gasteiger charge is -2.15. The van der Waals surface area contributed by atoms with Gasteiger partial charge < -0.3 is 10.6 Å². The normalized spacial score (nSPS) is 12.4. The van der Waals surface area contributed by atoms with E-state index in [1.807, 2.05) is 37.3 Å². The van der Waals surface area contributed by atoms with Crippen molar-refractivity contribution in [2.75, 3.05) is 11.6 Å². The zero-order valence-electron chi connectivity index (χ0n) is 13.1. The smallest absolute Gasteiger partial charge is 0.319 e. The number of hydrogen-bond donors (Lipinski definition) is 2. The molecule has 122 valence electrons. The lowest BCUT2D eigenvalue weighted by atomic mass is 10.1. The Morgan fingerprint density at radius 2 is 1.78 bits per heavy atom. The van der Waals surface area contributed by atoms with Gasteiger partial charge in [0.05, 0.1) is 11.8 Å². The van der Waals surface area contributed by atoms with Crippen molar-refractivity contribution in [1.29, 1.82) is 0 Å². The van der Waals surface area contributed by atoms with E-state index in [0.717, 1.165) is 5.56 Å². The second-order valence-corrected chi connectivity index (χ2v) is 7.64. The lowest BCUT2D eigenvalue weighted by Crippen LogP contribution is -2.31. The van der Waals surface area contributed by atoms with Gasteiger partial charge in [0.2, 0.25) is 0 Å². The number of sulfone groups is 1. The first-order valence-electron chi connectivity index (χ1n) is 7.22. The largest absolute Gasteiger partial charge is 0.331 e. The molecule has 2 amide bonds. The minimum atomic E-state index is -3.11. The van der Waals surface area contributed by atoms with E-state index in [9.17, 15) is 13.2 Å². The molecule has 0 spiro atoms. The maximum absolute atomic E-state index is 12.1. The van der Waals surface area contributed by atoms with Crippen molar-refractivity contribution in [3.05, 3.63) is 65.7 Å². The maximum Gasteiger partial charge on any atom is 0.319 e. The molecule has 0 aliphatic carbocycles. The van der Waals surface area contributed by atoms with Gasteiger partial charge in [-0.3, -0.25) is 0 Å². The van der Waals surface area contributed by atoms with Crippen LogP contribution in [0.15, 0.2) is 54.6 Å². The SMILES string of the molecule is CC(NC(=O)Nc1cccc(CS(C)(=O)=O)c1)c1ccccc1. The molecule has 0 saturated heterocycles. The third-order valence-corrected chi connectivity index (χ3v) is 4.12. The molecule has 5 nitrogen and oxygen atoms in total. The molecule has 0 heterocycles. The molecule has 2 N–H and O–H groups in total. The van der Waals surface area contributed by atoms with Crippen LogP contribution in [0.2, 0.25) is 0 Å². The molecular formula is C17H20N2O3S. The van der Waals surface area contributed by atoms with Gasteiger partial charge in [0, 0.05) is 11.9 Å². The highest BCUT2D eigenvalue weighted by molar-refractivity contribution is 7.89. The second kappa shape index (κ2) is 7.28. The van der Waals surface area contributed by atoms with Gasteiger partial charge in [-0.15, -0.1) is 0 Å². The monoisotopic (exact) mass is 332 g/mol. The Morgan fingerprint density at radius 3 is 2.43 bits per heavy atom. The van der Waals surface area contributed by atoms with E-state index in [1.165, 1.54) is 6.26 Å². The van der Waals surface area contributed by atoms with Crippen LogP contribution in [0.1, 0.15) is 24.1 Å². The number of nitrogens with one attached hydrogen (secondary N) is 2. The van der Waals surface area contributed by atoms with Crippen LogP contribution in [0.3, 0.4) is 0 Å². The summed E-state index contributed by atoms with van der Waals surface area (Å²) in [4.78, 5) is 12.1. The molecular weight excluding hydrogens is 312 g/mol. The van der Waals surface area contributed by atoms with Gasteiger partial charge in [0.15, 0.2) is 9.84 Å². The van der Waals surface area contributed by atoms with Crippen LogP contribution in [0.5, 0.6) is 0 Å². The van der Waals surface area contributed by atoms with Crippen LogP contribution in [0.4, 0.5) is 10.5 Å². The van der Waals surface area contributed by atoms with Gasteiger partial charge in [0.25, 0.3) is 0 Å². The molecule has 2 aromatic carbocycles. The summed E-state index contributed by atoms with van der Waals surface area (Å²) in [7, 11) is -3.11. The number of carbonyl (C=O) groups is 1. The lowest BCUT2D eigenvalue weighted by molar-refractivity contribution is 0.249. The van der Waals surface area contributed by atoms with Gasteiger partial charge in [-0.1, -0.05) is 42.5 Å². The Kier molecular flexibility index (Phi) is 5.39. The van der Waals surface area contributed by atoms with Crippen LogP contribution in [0, 0.1) is 0 Å². The average molecular weight is 332 g/mol. The Labute approximate surface area is 136 Å². The number of rotatable bonds is 5. The molecule has 2 aromatic rings. The summed E-state index contributed by atoms with van der Waals surface area (Å²) in [5.74, 6) is -0.0510. The molecule has 1 atom stereocenters. The minimum Gasteiger partial charge on any atom is -0.331 e. The molecule has 0 aliphatic rings. The molecule has 0 bridgehead atoms. The summed E-state index contributed by atoms with van der Waals surface area (Å²) in [5.41, 5.74) is 2.21. The van der Waals surface area contributed by atoms with Crippen molar-refractivity contribution >= 4 is 21.6 Å². The summed E-state index contributed by atoms with van der Waals surface area (Å²) < 4.78 is 22.7. The van der Waals surface area contributed by atoms with Crippen LogP contribution in [-0.2, 0) is 15.6 Å². The van der Waals surface area contributed by atoms with Crippen LogP contribution in [0.25, 0.3) is 0 Å². The molecule has 2 rings (SSSR count). The molecule has 0 aliphatic heterocycles. The maximum atomic E-state index is 12.1. The fourth-order valence-corrected chi connectivity index (χ4v) is 3.02. The molecule has 0 saturated carbocycles. The topological polar surface area (TPSA) is 75.3 Å². The molecule has 1 unspecified atom stereocenters. The number of benzene rings is 2. The van der Waals surface area contributed by atoms with Gasteiger partial charge >= 0.3 is 6.03 Å². The van der Waals surface area contributed by atoms with Gasteiger partial charge in [-0.05, 0) is 30.2 Å². The van der Waals surface area contributed by atoms with Crippen molar-refractivity contribution in [1.82, 2.24) is 5.32 Å². The first-order valence-corrected chi connectivity index (χ1v) is 9.29. The van der Waals surface area contributed by atoms with Gasteiger partial charge in [0.1, 0.15) is 0 Å². The van der Waals surface area contributed by atoms with E-state index >= 15 is 0 Å². The summed E-state index contributed by atoms with van der Waals surface area (Å²) in [6.45, 7) is 1.90. The predicted molar refractivity (Wildman–Crippen MR) is 92.0 cm³/mol. The number of carbonyl (C=O) groups excluding carboxylic acids is 1. The van der Waals surface area contributed by atoms with Gasteiger partial charge in [-0.2, -0.15) is 0 Å². The highest BCUT2D eigenvalue weighted by atomic mass is 32.2. The predicted octanol–water partition coefficient (Wildman–Crippen LogP) is 3.11. The number of anilines is 1. The summed E-state index contributed by atoms with van der Waals surface area (Å²) in [6.07, 6.45) is 1.18. The van der Waals surface area contributed by atoms with Gasteiger partial charge in [-0.25, -0.2) is 13.2 Å². The quantitative estimate of drug-likeness (QED) is 0.883. The van der Waals surface area contributed by atoms with Crippen molar-refractivity contribution in [3.8, 4) is 0 Å². The minimum absolute atomic E-state index is 0.0510. The van der Waals surface area contributed by atoms with E-state index in [4.69, 9.17) is 0 Å². The molecule has 0 aromatic heterocycles. The Morgan fingerprint density at radius 1 is 1.09 bits per heavy atom. The third-order valence-electron chi connectivity index (χ3n) is 3.26. The molecule has 0 radical (unpaired) electrons. The van der Waals surface area contributed by atoms with E-state index < -0.39 is 9.84 Å². The molecule has 0 fully saturated rings. The fourth-order valence-electron chi connectivity index (χ4n) is 2.23. The zero-order chi connectivity index (χ0) is 16.9. The Bertz CT molecular complexity index is 773. The van der Waals surface area contributed by atoms with E-state index in [-0.39, 0.29) is 17.8 Å². The fraction of sp³-hybridized carbons (Fsp3) is 0.235. The van der Waals surface area contributed by atoms with Crippen LogP contribution < -0.4 is 10.6 Å². The van der Waals surface area contributed by atoms with E-state index in [2.05, 4.69) is 10.6 Å². The second-order valence-electron chi connectivity index (χ2n) is 5.50. The highest BCUT2D eigenvalue weighted by Crippen LogP contribution is 2.14. The Balaban J connectivity index is 1.99. The molecule has 23 heavy (non-hydrogen) atoms.